The fourth-order valence-electron chi connectivity index (χ4n) is 1.79. The summed E-state index contributed by atoms with van der Waals surface area (Å²) >= 11 is 1.36. The molecule has 2 rings (SSSR count). The molecule has 2 amide bonds. The van der Waals surface area contributed by atoms with Crippen molar-refractivity contribution in [2.75, 3.05) is 5.32 Å². The number of imidazole rings is 1. The van der Waals surface area contributed by atoms with E-state index < -0.39 is 12.0 Å². The highest BCUT2D eigenvalue weighted by Gasteiger charge is 2.18. The molecule has 2 aromatic heterocycles. The minimum Gasteiger partial charge on any atom is -0.477 e. The van der Waals surface area contributed by atoms with Gasteiger partial charge in [0, 0.05) is 17.8 Å². The number of amides is 2. The largest absolute Gasteiger partial charge is 0.477 e. The van der Waals surface area contributed by atoms with Crippen LogP contribution in [0.5, 0.6) is 0 Å². The maximum Gasteiger partial charge on any atom is 0.354 e. The van der Waals surface area contributed by atoms with Crippen molar-refractivity contribution in [3.8, 4) is 0 Å². The molecular weight excluding hydrogens is 318 g/mol. The Kier molecular flexibility index (Phi) is 4.69. The number of thiazole rings is 1. The van der Waals surface area contributed by atoms with Gasteiger partial charge in [0.15, 0.2) is 5.13 Å². The van der Waals surface area contributed by atoms with E-state index in [4.69, 9.17) is 5.11 Å². The molecule has 3 N–H and O–H groups in total. The zero-order chi connectivity index (χ0) is 17.2. The number of nitrogens with one attached hydrogen (secondary N) is 2. The zero-order valence-electron chi connectivity index (χ0n) is 13.4. The molecule has 0 aliphatic rings. The summed E-state index contributed by atoms with van der Waals surface area (Å²) in [7, 11) is 1.59. The van der Waals surface area contributed by atoms with Crippen LogP contribution in [-0.2, 0) is 19.0 Å². The van der Waals surface area contributed by atoms with Crippen LogP contribution in [0, 0.1) is 0 Å². The van der Waals surface area contributed by atoms with Gasteiger partial charge < -0.3 is 15.0 Å². The highest BCUT2D eigenvalue weighted by molar-refractivity contribution is 7.13. The molecule has 0 atom stereocenters. The van der Waals surface area contributed by atoms with Crippen molar-refractivity contribution in [1.29, 1.82) is 0 Å². The van der Waals surface area contributed by atoms with Crippen LogP contribution in [0.1, 0.15) is 42.8 Å². The number of urea groups is 1. The van der Waals surface area contributed by atoms with Crippen LogP contribution in [0.2, 0.25) is 0 Å². The van der Waals surface area contributed by atoms with Gasteiger partial charge in [-0.15, -0.1) is 11.3 Å². The lowest BCUT2D eigenvalue weighted by Crippen LogP contribution is -2.29. The van der Waals surface area contributed by atoms with E-state index in [0.717, 1.165) is 5.69 Å². The normalized spacial score (nSPS) is 11.3. The molecule has 0 unspecified atom stereocenters. The third kappa shape index (κ3) is 4.07. The highest BCUT2D eigenvalue weighted by atomic mass is 32.1. The van der Waals surface area contributed by atoms with Crippen molar-refractivity contribution >= 4 is 28.5 Å². The van der Waals surface area contributed by atoms with E-state index >= 15 is 0 Å². The van der Waals surface area contributed by atoms with Crippen molar-refractivity contribution in [2.24, 2.45) is 7.05 Å². The number of aromatic nitrogens is 3. The van der Waals surface area contributed by atoms with Gasteiger partial charge in [0.25, 0.3) is 0 Å². The van der Waals surface area contributed by atoms with Crippen molar-refractivity contribution < 1.29 is 14.7 Å². The number of carbonyl (C=O) groups is 2. The summed E-state index contributed by atoms with van der Waals surface area (Å²) in [5.41, 5.74) is 0.901. The van der Waals surface area contributed by atoms with E-state index in [1.54, 1.807) is 7.05 Å². The Labute approximate surface area is 137 Å². The Hall–Kier alpha value is -2.42. The number of hydrogen-bond acceptors (Lipinski definition) is 5. The average molecular weight is 337 g/mol. The number of aromatic carboxylic acids is 1. The van der Waals surface area contributed by atoms with Crippen LogP contribution >= 0.6 is 11.3 Å². The van der Waals surface area contributed by atoms with Gasteiger partial charge in [0.05, 0.1) is 18.4 Å². The topological polar surface area (TPSA) is 109 Å². The third-order valence-corrected chi connectivity index (χ3v) is 3.96. The Balaban J connectivity index is 1.93. The first-order valence-electron chi connectivity index (χ1n) is 6.93. The van der Waals surface area contributed by atoms with Crippen LogP contribution < -0.4 is 10.6 Å². The summed E-state index contributed by atoms with van der Waals surface area (Å²) in [4.78, 5) is 31.2. The number of rotatable bonds is 4. The van der Waals surface area contributed by atoms with Crippen LogP contribution in [-0.4, -0.2) is 31.6 Å². The van der Waals surface area contributed by atoms with Crippen molar-refractivity contribution in [1.82, 2.24) is 19.9 Å². The van der Waals surface area contributed by atoms with Gasteiger partial charge in [0.1, 0.15) is 11.5 Å². The number of anilines is 1. The van der Waals surface area contributed by atoms with Crippen molar-refractivity contribution in [3.63, 3.8) is 0 Å². The number of nitrogens with zero attached hydrogens (tertiary/aromatic N) is 3. The summed E-state index contributed by atoms with van der Waals surface area (Å²) in [6.45, 7) is 6.26. The van der Waals surface area contributed by atoms with Gasteiger partial charge in [-0.2, -0.15) is 0 Å². The maximum absolute atomic E-state index is 11.9. The van der Waals surface area contributed by atoms with Gasteiger partial charge in [-0.05, 0) is 0 Å². The van der Waals surface area contributed by atoms with Gasteiger partial charge in [-0.3, -0.25) is 5.32 Å². The molecule has 0 radical (unpaired) electrons. The third-order valence-electron chi connectivity index (χ3n) is 3.20. The average Bonchev–Trinajstić information content (AvgIpc) is 3.03. The summed E-state index contributed by atoms with van der Waals surface area (Å²) in [5, 5.41) is 16.7. The minimum atomic E-state index is -1.06. The molecular formula is C14H19N5O3S. The quantitative estimate of drug-likeness (QED) is 0.792. The van der Waals surface area contributed by atoms with Gasteiger partial charge in [-0.1, -0.05) is 20.8 Å². The summed E-state index contributed by atoms with van der Waals surface area (Å²) < 4.78 is 1.42. The number of carboxylic acid groups (broad SMARTS) is 1. The summed E-state index contributed by atoms with van der Waals surface area (Å²) in [5.74, 6) is -0.611. The molecule has 2 aromatic rings. The lowest BCUT2D eigenvalue weighted by Gasteiger charge is -2.14. The van der Waals surface area contributed by atoms with Crippen LogP contribution in [0.25, 0.3) is 0 Å². The standard InChI is InChI=1S/C14H19N5O3S/c1-14(2,3)9-7-23-13(17-9)18-12(22)16-6-10-15-5-8(11(20)21)19(10)4/h5,7H,6H2,1-4H3,(H,20,21)(H2,16,17,18,22). The Morgan fingerprint density at radius 3 is 2.61 bits per heavy atom. The Morgan fingerprint density at radius 1 is 1.39 bits per heavy atom. The molecule has 0 aliphatic heterocycles. The van der Waals surface area contributed by atoms with Crippen LogP contribution in [0.3, 0.4) is 0 Å². The predicted molar refractivity (Wildman–Crippen MR) is 86.8 cm³/mol. The number of carboxylic acids is 1. The Morgan fingerprint density at radius 2 is 2.09 bits per heavy atom. The summed E-state index contributed by atoms with van der Waals surface area (Å²) in [6, 6.07) is -0.417. The van der Waals surface area contributed by atoms with E-state index in [1.807, 2.05) is 26.2 Å². The predicted octanol–water partition coefficient (Wildman–Crippen LogP) is 2.19. The Bertz CT molecular complexity index is 729. The van der Waals surface area contributed by atoms with E-state index in [0.29, 0.717) is 11.0 Å². The second kappa shape index (κ2) is 6.37. The number of carbonyl (C=O) groups excluding carboxylic acids is 1. The van der Waals surface area contributed by atoms with E-state index in [1.165, 1.54) is 22.1 Å². The van der Waals surface area contributed by atoms with Crippen molar-refractivity contribution in [3.05, 3.63) is 28.8 Å². The monoisotopic (exact) mass is 337 g/mol. The first kappa shape index (κ1) is 16.9. The molecule has 0 saturated carbocycles. The molecule has 0 aliphatic carbocycles. The molecule has 0 saturated heterocycles. The molecule has 9 heteroatoms. The van der Waals surface area contributed by atoms with E-state index in [-0.39, 0.29) is 17.7 Å². The molecule has 0 aromatic carbocycles. The summed E-state index contributed by atoms with van der Waals surface area (Å²) in [6.07, 6.45) is 1.26. The molecule has 0 spiro atoms. The molecule has 0 fully saturated rings. The van der Waals surface area contributed by atoms with Crippen molar-refractivity contribution in [2.45, 2.75) is 32.7 Å². The zero-order valence-corrected chi connectivity index (χ0v) is 14.2. The van der Waals surface area contributed by atoms with Gasteiger partial charge in [-0.25, -0.2) is 19.6 Å². The van der Waals surface area contributed by atoms with Crippen LogP contribution in [0.4, 0.5) is 9.93 Å². The SMILES string of the molecule is Cn1c(C(=O)O)cnc1CNC(=O)Nc1nc(C(C)(C)C)cs1. The maximum atomic E-state index is 11.9. The lowest BCUT2D eigenvalue weighted by atomic mass is 9.93. The lowest BCUT2D eigenvalue weighted by molar-refractivity contribution is 0.0686. The van der Waals surface area contributed by atoms with Gasteiger partial charge >= 0.3 is 12.0 Å². The molecule has 23 heavy (non-hydrogen) atoms. The molecule has 0 bridgehead atoms. The highest BCUT2D eigenvalue weighted by Crippen LogP contribution is 2.26. The minimum absolute atomic E-state index is 0.0666. The first-order chi connectivity index (χ1) is 10.7. The number of hydrogen-bond donors (Lipinski definition) is 3. The van der Waals surface area contributed by atoms with Gasteiger partial charge in [0.2, 0.25) is 0 Å². The molecule has 124 valence electrons. The fourth-order valence-corrected chi connectivity index (χ4v) is 2.72. The molecule has 8 nitrogen and oxygen atoms in total. The second-order valence-electron chi connectivity index (χ2n) is 6.02. The smallest absolute Gasteiger partial charge is 0.354 e. The molecule has 2 heterocycles. The van der Waals surface area contributed by atoms with Crippen LogP contribution in [0.15, 0.2) is 11.6 Å². The fraction of sp³-hybridized carbons (Fsp3) is 0.429. The van der Waals surface area contributed by atoms with E-state index in [2.05, 4.69) is 20.6 Å². The first-order valence-corrected chi connectivity index (χ1v) is 7.81. The second-order valence-corrected chi connectivity index (χ2v) is 6.88. The van der Waals surface area contributed by atoms with E-state index in [9.17, 15) is 9.59 Å².